The minimum absolute atomic E-state index is 0.00878. The summed E-state index contributed by atoms with van der Waals surface area (Å²) in [5.74, 6) is -1.46. The molecule has 7 nitrogen and oxygen atoms in total. The zero-order valence-electron chi connectivity index (χ0n) is 19.9. The molecule has 0 amide bonds. The number of carboxylic acids is 1. The van der Waals surface area contributed by atoms with Gasteiger partial charge in [-0.25, -0.2) is 14.2 Å². The maximum absolute atomic E-state index is 13.4. The Morgan fingerprint density at radius 1 is 0.889 bits per heavy atom. The Labute approximate surface area is 208 Å². The van der Waals surface area contributed by atoms with Crippen molar-refractivity contribution in [1.82, 2.24) is 9.13 Å². The Morgan fingerprint density at radius 3 is 2.19 bits per heavy atom. The summed E-state index contributed by atoms with van der Waals surface area (Å²) in [5, 5.41) is 9.48. The van der Waals surface area contributed by atoms with Crippen LogP contribution >= 0.6 is 0 Å². The molecule has 0 fully saturated rings. The number of carbonyl (C=O) groups excluding carboxylic acids is 2. The van der Waals surface area contributed by atoms with E-state index in [0.29, 0.717) is 30.4 Å². The number of hydrogen-bond donors (Lipinski definition) is 1. The molecule has 1 aromatic heterocycles. The van der Waals surface area contributed by atoms with Gasteiger partial charge >= 0.3 is 11.7 Å². The SMILES string of the molecule is CCCc1c(C=O)n(C(=O)Cc2ccccc2)c(=O)n1Cc1ccc(-c2ccccc2C(=O)O)cc1. The Hall–Kier alpha value is -4.52. The molecule has 1 heterocycles. The van der Waals surface area contributed by atoms with Crippen molar-refractivity contribution in [3.8, 4) is 11.1 Å². The summed E-state index contributed by atoms with van der Waals surface area (Å²) < 4.78 is 2.47. The molecule has 0 spiro atoms. The van der Waals surface area contributed by atoms with E-state index in [2.05, 4.69) is 0 Å². The molecular weight excluding hydrogens is 456 g/mol. The molecule has 0 radical (unpaired) electrons. The highest BCUT2D eigenvalue weighted by molar-refractivity contribution is 5.96. The van der Waals surface area contributed by atoms with E-state index in [4.69, 9.17) is 0 Å². The zero-order chi connectivity index (χ0) is 25.7. The van der Waals surface area contributed by atoms with Gasteiger partial charge in [0.2, 0.25) is 5.91 Å². The lowest BCUT2D eigenvalue weighted by molar-refractivity contribution is 0.0697. The maximum Gasteiger partial charge on any atom is 0.336 e. The van der Waals surface area contributed by atoms with Crippen molar-refractivity contribution in [2.24, 2.45) is 0 Å². The van der Waals surface area contributed by atoms with Gasteiger partial charge < -0.3 is 5.11 Å². The second kappa shape index (κ2) is 10.8. The van der Waals surface area contributed by atoms with Crippen molar-refractivity contribution in [2.75, 3.05) is 0 Å². The maximum atomic E-state index is 13.4. The number of carbonyl (C=O) groups is 3. The van der Waals surface area contributed by atoms with Gasteiger partial charge in [0.25, 0.3) is 0 Å². The van der Waals surface area contributed by atoms with Crippen molar-refractivity contribution in [2.45, 2.75) is 32.7 Å². The third-order valence-corrected chi connectivity index (χ3v) is 6.09. The smallest absolute Gasteiger partial charge is 0.336 e. The van der Waals surface area contributed by atoms with E-state index in [1.165, 1.54) is 4.57 Å². The summed E-state index contributed by atoms with van der Waals surface area (Å²) in [4.78, 5) is 50.0. The highest BCUT2D eigenvalue weighted by Gasteiger charge is 2.23. The Kier molecular flexibility index (Phi) is 7.39. The van der Waals surface area contributed by atoms with E-state index < -0.39 is 17.6 Å². The molecule has 0 bridgehead atoms. The molecule has 0 aliphatic carbocycles. The first-order valence-corrected chi connectivity index (χ1v) is 11.7. The first-order chi connectivity index (χ1) is 17.4. The number of imidazole rings is 1. The van der Waals surface area contributed by atoms with Crippen molar-refractivity contribution >= 4 is 18.2 Å². The summed E-state index contributed by atoms with van der Waals surface area (Å²) in [6, 6.07) is 23.1. The topological polar surface area (TPSA) is 98.4 Å². The summed E-state index contributed by atoms with van der Waals surface area (Å²) in [6.45, 7) is 2.13. The lowest BCUT2D eigenvalue weighted by Crippen LogP contribution is -2.31. The molecule has 0 aliphatic heterocycles. The fourth-order valence-electron chi connectivity index (χ4n) is 4.37. The number of benzene rings is 3. The third kappa shape index (κ3) is 4.95. The van der Waals surface area contributed by atoms with Gasteiger partial charge in [0, 0.05) is 0 Å². The number of rotatable bonds is 9. The molecule has 182 valence electrons. The number of aromatic carboxylic acids is 1. The van der Waals surface area contributed by atoms with E-state index in [-0.39, 0.29) is 24.2 Å². The molecule has 0 saturated heterocycles. The lowest BCUT2D eigenvalue weighted by atomic mass is 9.99. The average Bonchev–Trinajstić information content (AvgIpc) is 3.15. The van der Waals surface area contributed by atoms with Crippen LogP contribution in [0.15, 0.2) is 83.7 Å². The number of hydrogen-bond acceptors (Lipinski definition) is 4. The number of aldehydes is 1. The number of nitrogens with zero attached hydrogens (tertiary/aromatic N) is 2. The highest BCUT2D eigenvalue weighted by atomic mass is 16.4. The van der Waals surface area contributed by atoms with E-state index in [1.54, 1.807) is 48.5 Å². The molecule has 0 saturated carbocycles. The standard InChI is InChI=1S/C29H26N2O5/c1-2-8-25-26(19-32)31(27(33)17-20-9-4-3-5-10-20)29(36)30(25)18-21-13-15-22(16-14-21)23-11-6-7-12-24(23)28(34)35/h3-7,9-16,19H,2,8,17-18H2,1H3,(H,34,35). The van der Waals surface area contributed by atoms with Crippen LogP contribution in [0.2, 0.25) is 0 Å². The second-order valence-corrected chi connectivity index (χ2v) is 8.51. The van der Waals surface area contributed by atoms with E-state index in [1.807, 2.05) is 37.3 Å². The van der Waals surface area contributed by atoms with Gasteiger partial charge in [-0.3, -0.25) is 14.2 Å². The van der Waals surface area contributed by atoms with Gasteiger partial charge in [0.15, 0.2) is 6.29 Å². The molecule has 0 unspecified atom stereocenters. The normalized spacial score (nSPS) is 10.8. The van der Waals surface area contributed by atoms with Gasteiger partial charge in [-0.2, -0.15) is 0 Å². The largest absolute Gasteiger partial charge is 0.478 e. The van der Waals surface area contributed by atoms with Gasteiger partial charge in [-0.1, -0.05) is 86.1 Å². The van der Waals surface area contributed by atoms with Gasteiger partial charge in [-0.05, 0) is 34.7 Å². The van der Waals surface area contributed by atoms with Crippen molar-refractivity contribution in [3.63, 3.8) is 0 Å². The van der Waals surface area contributed by atoms with Crippen molar-refractivity contribution < 1.29 is 19.5 Å². The molecule has 4 rings (SSSR count). The zero-order valence-corrected chi connectivity index (χ0v) is 19.9. The van der Waals surface area contributed by atoms with Crippen LogP contribution in [0.5, 0.6) is 0 Å². The molecule has 1 N–H and O–H groups in total. The third-order valence-electron chi connectivity index (χ3n) is 6.09. The monoisotopic (exact) mass is 482 g/mol. The second-order valence-electron chi connectivity index (χ2n) is 8.51. The summed E-state index contributed by atoms with van der Waals surface area (Å²) >= 11 is 0. The molecule has 3 aromatic carbocycles. The van der Waals surface area contributed by atoms with Gasteiger partial charge in [0.05, 0.1) is 24.2 Å². The fraction of sp³-hybridized carbons (Fsp3) is 0.172. The average molecular weight is 483 g/mol. The molecule has 7 heteroatoms. The minimum Gasteiger partial charge on any atom is -0.478 e. The summed E-state index contributed by atoms with van der Waals surface area (Å²) in [5.41, 5.74) is 3.17. The van der Waals surface area contributed by atoms with E-state index in [0.717, 1.165) is 21.3 Å². The van der Waals surface area contributed by atoms with Crippen LogP contribution in [-0.2, 0) is 19.4 Å². The van der Waals surface area contributed by atoms with E-state index >= 15 is 0 Å². The van der Waals surface area contributed by atoms with Crippen LogP contribution in [0, 0.1) is 0 Å². The Morgan fingerprint density at radius 2 is 1.56 bits per heavy atom. The number of aromatic nitrogens is 2. The predicted octanol–water partition coefficient (Wildman–Crippen LogP) is 4.71. The first-order valence-electron chi connectivity index (χ1n) is 11.7. The van der Waals surface area contributed by atoms with Crippen LogP contribution in [0.3, 0.4) is 0 Å². The van der Waals surface area contributed by atoms with Crippen LogP contribution in [0.25, 0.3) is 11.1 Å². The molecule has 0 aliphatic rings. The van der Waals surface area contributed by atoms with Gasteiger partial charge in [-0.15, -0.1) is 0 Å². The molecule has 4 aromatic rings. The van der Waals surface area contributed by atoms with Crippen LogP contribution in [0.4, 0.5) is 0 Å². The van der Waals surface area contributed by atoms with E-state index in [9.17, 15) is 24.3 Å². The fourth-order valence-corrected chi connectivity index (χ4v) is 4.37. The molecular formula is C29H26N2O5. The Balaban J connectivity index is 1.69. The summed E-state index contributed by atoms with van der Waals surface area (Å²) in [7, 11) is 0. The molecule has 36 heavy (non-hydrogen) atoms. The van der Waals surface area contributed by atoms with Crippen LogP contribution < -0.4 is 5.69 Å². The minimum atomic E-state index is -1.01. The quantitative estimate of drug-likeness (QED) is 0.348. The van der Waals surface area contributed by atoms with Crippen LogP contribution in [-0.4, -0.2) is 32.4 Å². The predicted molar refractivity (Wildman–Crippen MR) is 137 cm³/mol. The Bertz CT molecular complexity index is 1460. The lowest BCUT2D eigenvalue weighted by Gasteiger charge is -2.10. The summed E-state index contributed by atoms with van der Waals surface area (Å²) in [6.07, 6.45) is 1.76. The highest BCUT2D eigenvalue weighted by Crippen LogP contribution is 2.24. The van der Waals surface area contributed by atoms with Crippen LogP contribution in [0.1, 0.15) is 55.8 Å². The van der Waals surface area contributed by atoms with Gasteiger partial charge in [0.1, 0.15) is 5.69 Å². The first kappa shape index (κ1) is 24.6. The van der Waals surface area contributed by atoms with Crippen molar-refractivity contribution in [3.05, 3.63) is 117 Å². The molecule has 0 atom stereocenters. The van der Waals surface area contributed by atoms with Crippen molar-refractivity contribution in [1.29, 1.82) is 0 Å². The number of carboxylic acid groups (broad SMARTS) is 1.